The Kier molecular flexibility index (Phi) is 4.22. The molecule has 3 aromatic rings. The molecule has 0 aliphatic rings. The van der Waals surface area contributed by atoms with Crippen LogP contribution in [0.3, 0.4) is 0 Å². The van der Waals surface area contributed by atoms with Crippen molar-refractivity contribution in [1.82, 2.24) is 0 Å². The van der Waals surface area contributed by atoms with Gasteiger partial charge in [-0.05, 0) is 66.7 Å². The van der Waals surface area contributed by atoms with Gasteiger partial charge in [0.05, 0.1) is 5.56 Å². The van der Waals surface area contributed by atoms with E-state index in [0.29, 0.717) is 5.56 Å². The molecule has 124 valence electrons. The van der Waals surface area contributed by atoms with Crippen LogP contribution < -0.4 is 0 Å². The minimum Gasteiger partial charge on any atom is -0.508 e. The SMILES string of the molecule is O=C(c1ccc(O)cc1)c1ccc(O)c(C(=O)c2ccc(O)cc2)c1. The number of phenols is 3. The largest absolute Gasteiger partial charge is 0.508 e. The second-order valence-electron chi connectivity index (χ2n) is 5.48. The molecular weight excluding hydrogens is 320 g/mol. The highest BCUT2D eigenvalue weighted by molar-refractivity contribution is 6.14. The molecule has 3 aromatic carbocycles. The lowest BCUT2D eigenvalue weighted by molar-refractivity contribution is 0.103. The maximum atomic E-state index is 12.5. The smallest absolute Gasteiger partial charge is 0.196 e. The van der Waals surface area contributed by atoms with Crippen LogP contribution >= 0.6 is 0 Å². The first-order valence-electron chi connectivity index (χ1n) is 7.46. The maximum Gasteiger partial charge on any atom is 0.196 e. The lowest BCUT2D eigenvalue weighted by atomic mass is 9.96. The topological polar surface area (TPSA) is 94.8 Å². The Morgan fingerprint density at radius 2 is 1.00 bits per heavy atom. The quantitative estimate of drug-likeness (QED) is 0.637. The number of hydrogen-bond donors (Lipinski definition) is 3. The average Bonchev–Trinajstić information content (AvgIpc) is 2.62. The summed E-state index contributed by atoms with van der Waals surface area (Å²) in [5.41, 5.74) is 0.870. The van der Waals surface area contributed by atoms with Gasteiger partial charge in [-0.2, -0.15) is 0 Å². The van der Waals surface area contributed by atoms with E-state index in [2.05, 4.69) is 0 Å². The third-order valence-corrected chi connectivity index (χ3v) is 3.76. The molecule has 5 nitrogen and oxygen atoms in total. The number of hydrogen-bond acceptors (Lipinski definition) is 5. The molecule has 0 unspecified atom stereocenters. The monoisotopic (exact) mass is 334 g/mol. The summed E-state index contributed by atoms with van der Waals surface area (Å²) in [5.74, 6) is -0.958. The Morgan fingerprint density at radius 3 is 1.52 bits per heavy atom. The molecule has 5 heteroatoms. The molecule has 0 aliphatic carbocycles. The van der Waals surface area contributed by atoms with Crippen LogP contribution in [0.4, 0.5) is 0 Å². The molecule has 0 atom stereocenters. The number of carbonyl (C=O) groups is 2. The van der Waals surface area contributed by atoms with Crippen LogP contribution in [0.25, 0.3) is 0 Å². The van der Waals surface area contributed by atoms with E-state index in [0.717, 1.165) is 0 Å². The molecule has 25 heavy (non-hydrogen) atoms. The zero-order chi connectivity index (χ0) is 18.0. The normalized spacial score (nSPS) is 10.4. The van der Waals surface area contributed by atoms with Crippen molar-refractivity contribution in [3.63, 3.8) is 0 Å². The summed E-state index contributed by atoms with van der Waals surface area (Å²) in [6.45, 7) is 0. The number of benzene rings is 3. The van der Waals surface area contributed by atoms with Gasteiger partial charge in [0.1, 0.15) is 17.2 Å². The fraction of sp³-hybridized carbons (Fsp3) is 0. The van der Waals surface area contributed by atoms with Crippen LogP contribution in [0, 0.1) is 0 Å². The Bertz CT molecular complexity index is 941. The third-order valence-electron chi connectivity index (χ3n) is 3.76. The van der Waals surface area contributed by atoms with E-state index in [-0.39, 0.29) is 39.7 Å². The van der Waals surface area contributed by atoms with Gasteiger partial charge in [-0.3, -0.25) is 9.59 Å². The van der Waals surface area contributed by atoms with Crippen molar-refractivity contribution in [2.24, 2.45) is 0 Å². The number of ketones is 2. The van der Waals surface area contributed by atoms with Crippen molar-refractivity contribution in [3.05, 3.63) is 89.0 Å². The molecule has 0 heterocycles. The second kappa shape index (κ2) is 6.49. The molecule has 0 spiro atoms. The van der Waals surface area contributed by atoms with Crippen molar-refractivity contribution in [1.29, 1.82) is 0 Å². The van der Waals surface area contributed by atoms with Crippen LogP contribution in [0.5, 0.6) is 17.2 Å². The van der Waals surface area contributed by atoms with Gasteiger partial charge in [-0.1, -0.05) is 0 Å². The third kappa shape index (κ3) is 3.35. The number of carbonyl (C=O) groups excluding carboxylic acids is 2. The second-order valence-corrected chi connectivity index (χ2v) is 5.48. The first kappa shape index (κ1) is 16.3. The van der Waals surface area contributed by atoms with E-state index in [9.17, 15) is 24.9 Å². The van der Waals surface area contributed by atoms with Crippen LogP contribution in [0.2, 0.25) is 0 Å². The van der Waals surface area contributed by atoms with E-state index in [1.54, 1.807) is 0 Å². The summed E-state index contributed by atoms with van der Waals surface area (Å²) in [4.78, 5) is 25.1. The zero-order valence-corrected chi connectivity index (χ0v) is 13.0. The van der Waals surface area contributed by atoms with Crippen LogP contribution in [-0.4, -0.2) is 26.9 Å². The van der Waals surface area contributed by atoms with Crippen molar-refractivity contribution < 1.29 is 24.9 Å². The van der Waals surface area contributed by atoms with Crippen LogP contribution in [0.15, 0.2) is 66.7 Å². The Hall–Kier alpha value is -3.60. The Morgan fingerprint density at radius 1 is 0.560 bits per heavy atom. The van der Waals surface area contributed by atoms with E-state index in [1.807, 2.05) is 0 Å². The predicted octanol–water partition coefficient (Wildman–Crippen LogP) is 3.27. The van der Waals surface area contributed by atoms with E-state index < -0.39 is 5.78 Å². The molecular formula is C20H14O5. The molecule has 0 saturated heterocycles. The summed E-state index contributed by atoms with van der Waals surface area (Å²) >= 11 is 0. The van der Waals surface area contributed by atoms with Gasteiger partial charge in [-0.15, -0.1) is 0 Å². The molecule has 0 radical (unpaired) electrons. The molecule has 0 amide bonds. The van der Waals surface area contributed by atoms with Gasteiger partial charge in [0.2, 0.25) is 0 Å². The molecule has 0 fully saturated rings. The van der Waals surface area contributed by atoms with Gasteiger partial charge >= 0.3 is 0 Å². The molecule has 0 bridgehead atoms. The fourth-order valence-corrected chi connectivity index (χ4v) is 2.41. The van der Waals surface area contributed by atoms with Gasteiger partial charge in [0.15, 0.2) is 11.6 Å². The fourth-order valence-electron chi connectivity index (χ4n) is 2.41. The molecule has 0 aliphatic heterocycles. The van der Waals surface area contributed by atoms with Crippen LogP contribution in [-0.2, 0) is 0 Å². The summed E-state index contributed by atoms with van der Waals surface area (Å²) in [6, 6.07) is 15.4. The highest BCUT2D eigenvalue weighted by Gasteiger charge is 2.17. The predicted molar refractivity (Wildman–Crippen MR) is 91.2 cm³/mol. The molecule has 3 N–H and O–H groups in total. The van der Waals surface area contributed by atoms with Crippen molar-refractivity contribution >= 4 is 11.6 Å². The van der Waals surface area contributed by atoms with E-state index >= 15 is 0 Å². The minimum atomic E-state index is -0.460. The Balaban J connectivity index is 1.97. The standard InChI is InChI=1S/C20H14O5/c21-15-6-1-12(2-7-15)19(24)14-5-10-18(23)17(11-14)20(25)13-3-8-16(22)9-4-13/h1-11,21-23H. The van der Waals surface area contributed by atoms with Gasteiger partial charge in [-0.25, -0.2) is 0 Å². The van der Waals surface area contributed by atoms with Crippen molar-refractivity contribution in [2.45, 2.75) is 0 Å². The molecule has 0 saturated carbocycles. The van der Waals surface area contributed by atoms with Gasteiger partial charge in [0.25, 0.3) is 0 Å². The van der Waals surface area contributed by atoms with E-state index in [1.165, 1.54) is 66.7 Å². The minimum absolute atomic E-state index is 0.00434. The van der Waals surface area contributed by atoms with E-state index in [4.69, 9.17) is 0 Å². The average molecular weight is 334 g/mol. The summed E-state index contributed by atoms with van der Waals surface area (Å²) in [6.07, 6.45) is 0. The lowest BCUT2D eigenvalue weighted by Crippen LogP contribution is -2.06. The van der Waals surface area contributed by atoms with Crippen LogP contribution in [0.1, 0.15) is 31.8 Å². The summed E-state index contributed by atoms with van der Waals surface area (Å²) in [5, 5.41) is 28.6. The highest BCUT2D eigenvalue weighted by Crippen LogP contribution is 2.24. The molecule has 0 aromatic heterocycles. The van der Waals surface area contributed by atoms with Gasteiger partial charge in [0, 0.05) is 16.7 Å². The molecule has 3 rings (SSSR count). The van der Waals surface area contributed by atoms with Crippen molar-refractivity contribution in [2.75, 3.05) is 0 Å². The first-order chi connectivity index (χ1) is 12.0. The van der Waals surface area contributed by atoms with Gasteiger partial charge < -0.3 is 15.3 Å². The number of rotatable bonds is 4. The summed E-state index contributed by atoms with van der Waals surface area (Å²) < 4.78 is 0. The highest BCUT2D eigenvalue weighted by atomic mass is 16.3. The zero-order valence-electron chi connectivity index (χ0n) is 13.0. The Labute approximate surface area is 143 Å². The lowest BCUT2D eigenvalue weighted by Gasteiger charge is -2.07. The first-order valence-corrected chi connectivity index (χ1v) is 7.46. The maximum absolute atomic E-state index is 12.5. The summed E-state index contributed by atoms with van der Waals surface area (Å²) in [7, 11) is 0. The number of aromatic hydroxyl groups is 3. The number of phenolic OH excluding ortho intramolecular Hbond substituents is 3. The van der Waals surface area contributed by atoms with Crippen molar-refractivity contribution in [3.8, 4) is 17.2 Å².